The van der Waals surface area contributed by atoms with Crippen molar-refractivity contribution < 1.29 is 9.53 Å². The van der Waals surface area contributed by atoms with E-state index in [0.717, 1.165) is 28.1 Å². The molecule has 0 unspecified atom stereocenters. The van der Waals surface area contributed by atoms with Gasteiger partial charge >= 0.3 is 0 Å². The minimum absolute atomic E-state index is 0.121. The maximum Gasteiger partial charge on any atom is 0.242 e. The lowest BCUT2D eigenvalue weighted by Gasteiger charge is -2.38. The highest BCUT2D eigenvalue weighted by Gasteiger charge is 2.33. The number of rotatable bonds is 5. The summed E-state index contributed by atoms with van der Waals surface area (Å²) in [7, 11) is 0. The highest BCUT2D eigenvalue weighted by atomic mass is 16.5. The van der Waals surface area contributed by atoms with Gasteiger partial charge in [-0.25, -0.2) is 19.9 Å². The number of hydrogen-bond donors (Lipinski definition) is 1. The van der Waals surface area contributed by atoms with E-state index < -0.39 is 5.41 Å². The molecule has 2 saturated heterocycles. The lowest BCUT2D eigenvalue weighted by molar-refractivity contribution is -0.137. The number of nitrogens with zero attached hydrogens (tertiary/aromatic N) is 9. The van der Waals surface area contributed by atoms with Crippen LogP contribution in [0.2, 0.25) is 0 Å². The molecular formula is C30H32N10O2. The van der Waals surface area contributed by atoms with Crippen molar-refractivity contribution in [1.29, 1.82) is 5.26 Å². The van der Waals surface area contributed by atoms with Crippen LogP contribution in [0, 0.1) is 16.7 Å². The number of fused-ring (bicyclic) bond motifs is 1. The van der Waals surface area contributed by atoms with Crippen LogP contribution in [0.25, 0.3) is 33.5 Å². The van der Waals surface area contributed by atoms with E-state index in [1.54, 1.807) is 31.1 Å². The molecule has 12 nitrogen and oxygen atoms in total. The fraction of sp³-hybridized carbons (Fsp3) is 0.367. The van der Waals surface area contributed by atoms with Crippen molar-refractivity contribution in [3.05, 3.63) is 48.9 Å². The van der Waals surface area contributed by atoms with Gasteiger partial charge in [0, 0.05) is 69.1 Å². The van der Waals surface area contributed by atoms with E-state index in [0.29, 0.717) is 69.4 Å². The maximum absolute atomic E-state index is 12.7. The molecule has 12 heteroatoms. The molecule has 1 amide bonds. The second-order valence-electron chi connectivity index (χ2n) is 11.0. The Kier molecular flexibility index (Phi) is 7.26. The van der Waals surface area contributed by atoms with Gasteiger partial charge in [-0.3, -0.25) is 9.78 Å². The molecule has 0 aliphatic carbocycles. The topological polar surface area (TPSA) is 150 Å². The number of nitriles is 1. The monoisotopic (exact) mass is 564 g/mol. The van der Waals surface area contributed by atoms with Crippen molar-refractivity contribution in [2.45, 2.75) is 13.8 Å². The van der Waals surface area contributed by atoms with Crippen LogP contribution in [0.4, 0.5) is 17.5 Å². The Morgan fingerprint density at radius 3 is 2.33 bits per heavy atom. The fourth-order valence-corrected chi connectivity index (χ4v) is 5.23. The first kappa shape index (κ1) is 27.3. The molecule has 5 heterocycles. The van der Waals surface area contributed by atoms with Crippen molar-refractivity contribution in [1.82, 2.24) is 29.8 Å². The van der Waals surface area contributed by atoms with E-state index in [9.17, 15) is 10.1 Å². The molecule has 6 rings (SSSR count). The van der Waals surface area contributed by atoms with E-state index in [2.05, 4.69) is 44.0 Å². The van der Waals surface area contributed by atoms with Crippen LogP contribution in [0.5, 0.6) is 0 Å². The fourth-order valence-electron chi connectivity index (χ4n) is 5.23. The summed E-state index contributed by atoms with van der Waals surface area (Å²) in [5.74, 6) is 1.32. The highest BCUT2D eigenvalue weighted by molar-refractivity contribution is 5.90. The van der Waals surface area contributed by atoms with Gasteiger partial charge in [0.25, 0.3) is 0 Å². The zero-order chi connectivity index (χ0) is 29.3. The molecule has 2 fully saturated rings. The molecule has 0 radical (unpaired) electrons. The summed E-state index contributed by atoms with van der Waals surface area (Å²) in [6.45, 7) is 8.53. The van der Waals surface area contributed by atoms with Crippen LogP contribution in [-0.4, -0.2) is 88.2 Å². The molecule has 2 aliphatic rings. The lowest BCUT2D eigenvalue weighted by atomic mass is 9.93. The highest BCUT2D eigenvalue weighted by Crippen LogP contribution is 2.31. The molecular weight excluding hydrogens is 532 g/mol. The van der Waals surface area contributed by atoms with Crippen molar-refractivity contribution >= 4 is 34.4 Å². The van der Waals surface area contributed by atoms with E-state index >= 15 is 0 Å². The third-order valence-electron chi connectivity index (χ3n) is 7.68. The Morgan fingerprint density at radius 1 is 0.905 bits per heavy atom. The van der Waals surface area contributed by atoms with Crippen molar-refractivity contribution in [3.8, 4) is 28.6 Å². The quantitative estimate of drug-likeness (QED) is 0.381. The molecule has 1 aromatic carbocycles. The molecule has 0 atom stereocenters. The van der Waals surface area contributed by atoms with E-state index in [1.165, 1.54) is 0 Å². The van der Waals surface area contributed by atoms with E-state index in [4.69, 9.17) is 25.4 Å². The number of morpholine rings is 1. The minimum Gasteiger partial charge on any atom is -0.378 e. The summed E-state index contributed by atoms with van der Waals surface area (Å²) >= 11 is 0. The van der Waals surface area contributed by atoms with Gasteiger partial charge in [0.05, 0.1) is 30.4 Å². The number of pyridine rings is 1. The van der Waals surface area contributed by atoms with Crippen molar-refractivity contribution in [2.24, 2.45) is 5.41 Å². The normalized spacial score (nSPS) is 16.0. The second-order valence-corrected chi connectivity index (χ2v) is 11.0. The van der Waals surface area contributed by atoms with E-state index in [1.807, 2.05) is 18.3 Å². The van der Waals surface area contributed by atoms with Gasteiger partial charge < -0.3 is 25.2 Å². The minimum atomic E-state index is -1.02. The van der Waals surface area contributed by atoms with E-state index in [-0.39, 0.29) is 11.9 Å². The first-order valence-electron chi connectivity index (χ1n) is 14.0. The van der Waals surface area contributed by atoms with Crippen molar-refractivity contribution in [3.63, 3.8) is 0 Å². The van der Waals surface area contributed by atoms with Crippen LogP contribution < -0.4 is 15.5 Å². The summed E-state index contributed by atoms with van der Waals surface area (Å²) < 4.78 is 5.56. The average molecular weight is 565 g/mol. The number of nitrogen functional groups attached to an aromatic ring is 1. The third-order valence-corrected chi connectivity index (χ3v) is 7.68. The second kappa shape index (κ2) is 11.2. The van der Waals surface area contributed by atoms with Crippen LogP contribution in [0.15, 0.2) is 48.9 Å². The number of anilines is 3. The molecule has 2 aliphatic heterocycles. The van der Waals surface area contributed by atoms with Crippen molar-refractivity contribution in [2.75, 3.05) is 68.0 Å². The molecule has 0 bridgehead atoms. The molecule has 2 N–H and O–H groups in total. The zero-order valence-electron chi connectivity index (χ0n) is 23.7. The Balaban J connectivity index is 1.30. The summed E-state index contributed by atoms with van der Waals surface area (Å²) in [5.41, 5.74) is 9.80. The number of aromatic nitrogens is 5. The number of amides is 1. The van der Waals surface area contributed by atoms with Gasteiger partial charge in [0.15, 0.2) is 11.6 Å². The Hall–Kier alpha value is -4.89. The predicted molar refractivity (Wildman–Crippen MR) is 159 cm³/mol. The summed E-state index contributed by atoms with van der Waals surface area (Å²) in [5, 5.41) is 9.36. The molecule has 214 valence electrons. The number of hydrogen-bond acceptors (Lipinski definition) is 11. The Bertz CT molecular complexity index is 1650. The molecule has 0 spiro atoms. The van der Waals surface area contributed by atoms with Gasteiger partial charge in [-0.05, 0) is 37.6 Å². The molecule has 42 heavy (non-hydrogen) atoms. The lowest BCUT2D eigenvalue weighted by Crippen LogP contribution is -2.52. The van der Waals surface area contributed by atoms with Crippen LogP contribution in [-0.2, 0) is 9.53 Å². The number of nitrogens with two attached hydrogens (primary N) is 1. The summed E-state index contributed by atoms with van der Waals surface area (Å²) in [6, 6.07) is 12.5. The molecule has 3 aromatic heterocycles. The van der Waals surface area contributed by atoms with Gasteiger partial charge in [0.1, 0.15) is 10.9 Å². The summed E-state index contributed by atoms with van der Waals surface area (Å²) in [6.07, 6.45) is 5.12. The predicted octanol–water partition coefficient (Wildman–Crippen LogP) is 2.77. The van der Waals surface area contributed by atoms with Crippen LogP contribution in [0.1, 0.15) is 13.8 Å². The largest absolute Gasteiger partial charge is 0.378 e. The van der Waals surface area contributed by atoms with Gasteiger partial charge in [0.2, 0.25) is 11.9 Å². The number of carbonyl (C=O) groups excluding carboxylic acids is 1. The maximum atomic E-state index is 12.7. The first-order valence-corrected chi connectivity index (χ1v) is 14.0. The number of benzene rings is 1. The number of piperazine rings is 1. The third kappa shape index (κ3) is 5.38. The summed E-state index contributed by atoms with van der Waals surface area (Å²) in [4.78, 5) is 41.8. The number of carbonyl (C=O) groups is 1. The average Bonchev–Trinajstić information content (AvgIpc) is 3.04. The zero-order valence-corrected chi connectivity index (χ0v) is 23.7. The molecule has 0 saturated carbocycles. The van der Waals surface area contributed by atoms with Gasteiger partial charge in [-0.2, -0.15) is 5.26 Å². The van der Waals surface area contributed by atoms with Crippen LogP contribution >= 0.6 is 0 Å². The Labute approximate surface area is 243 Å². The smallest absolute Gasteiger partial charge is 0.242 e. The standard InChI is InChI=1S/C30H32N10O2/c1-30(2,19-31)28(41)40-8-6-38(7-9-40)23-5-3-4-20(14-23)21-15-24-25(33-16-21)27(39-10-12-42-13-11-39)37-26(36-24)22-17-34-29(32)35-18-22/h3-5,14-18H,6-13H2,1-2H3,(H2,32,34,35). The first-order chi connectivity index (χ1) is 20.3. The number of ether oxygens (including phenoxy) is 1. The van der Waals surface area contributed by atoms with Crippen LogP contribution in [0.3, 0.4) is 0 Å². The SMILES string of the molecule is CC(C)(C#N)C(=O)N1CCN(c2cccc(-c3cnc4c(N5CCOCC5)nc(-c5cnc(N)nc5)nc4c3)c2)CC1. The molecule has 4 aromatic rings. The van der Waals surface area contributed by atoms with Gasteiger partial charge in [-0.1, -0.05) is 12.1 Å². The Morgan fingerprint density at radius 2 is 1.62 bits per heavy atom. The van der Waals surface area contributed by atoms with Gasteiger partial charge in [-0.15, -0.1) is 0 Å².